The normalized spacial score (nSPS) is 20.4. The molecule has 2 unspecified atom stereocenters. The van der Waals surface area contributed by atoms with Gasteiger partial charge in [-0.3, -0.25) is 9.59 Å². The first-order valence-corrected chi connectivity index (χ1v) is 7.02. The van der Waals surface area contributed by atoms with Crippen LogP contribution >= 0.6 is 11.6 Å². The Hall–Kier alpha value is -1.85. The Labute approximate surface area is 128 Å². The van der Waals surface area contributed by atoms with E-state index in [-0.39, 0.29) is 23.8 Å². The lowest BCUT2D eigenvalue weighted by Crippen LogP contribution is -2.27. The standard InChI is InChI=1S/C15H18ClN3O2/c1-19(2)15(21)12-6-4-10(16)8-13(12)18-14(20)9-3-5-11(17)7-9/h3-6,8-9,11H,7,17H2,1-2H3,(H,18,20). The molecule has 0 aromatic heterocycles. The second-order valence-electron chi connectivity index (χ2n) is 5.27. The Morgan fingerprint density at radius 3 is 2.62 bits per heavy atom. The number of benzene rings is 1. The van der Waals surface area contributed by atoms with Crippen LogP contribution in [-0.2, 0) is 4.79 Å². The number of carbonyl (C=O) groups excluding carboxylic acids is 2. The van der Waals surface area contributed by atoms with Gasteiger partial charge in [-0.25, -0.2) is 0 Å². The number of amides is 2. The summed E-state index contributed by atoms with van der Waals surface area (Å²) in [6.45, 7) is 0. The van der Waals surface area contributed by atoms with Gasteiger partial charge in [-0.15, -0.1) is 0 Å². The summed E-state index contributed by atoms with van der Waals surface area (Å²) < 4.78 is 0. The average Bonchev–Trinajstić information content (AvgIpc) is 2.85. The summed E-state index contributed by atoms with van der Waals surface area (Å²) in [5, 5.41) is 3.23. The van der Waals surface area contributed by atoms with Gasteiger partial charge in [0.15, 0.2) is 0 Å². The second-order valence-corrected chi connectivity index (χ2v) is 5.71. The third kappa shape index (κ3) is 3.62. The summed E-state index contributed by atoms with van der Waals surface area (Å²) in [4.78, 5) is 25.8. The summed E-state index contributed by atoms with van der Waals surface area (Å²) in [5.41, 5.74) is 6.57. The van der Waals surface area contributed by atoms with E-state index in [0.29, 0.717) is 22.7 Å². The zero-order valence-electron chi connectivity index (χ0n) is 12.0. The minimum atomic E-state index is -0.277. The predicted octanol–water partition coefficient (Wildman–Crippen LogP) is 1.88. The fourth-order valence-electron chi connectivity index (χ4n) is 2.19. The molecular formula is C15H18ClN3O2. The third-order valence-electron chi connectivity index (χ3n) is 3.33. The molecule has 0 saturated carbocycles. The summed E-state index contributed by atoms with van der Waals surface area (Å²) in [6.07, 6.45) is 4.18. The van der Waals surface area contributed by atoms with E-state index in [2.05, 4.69) is 5.32 Å². The lowest BCUT2D eigenvalue weighted by molar-refractivity contribution is -0.118. The Balaban J connectivity index is 2.22. The van der Waals surface area contributed by atoms with Gasteiger partial charge in [0, 0.05) is 25.2 Å². The number of anilines is 1. The van der Waals surface area contributed by atoms with Crippen molar-refractivity contribution in [3.05, 3.63) is 40.9 Å². The van der Waals surface area contributed by atoms with Crippen molar-refractivity contribution < 1.29 is 9.59 Å². The van der Waals surface area contributed by atoms with Crippen LogP contribution in [-0.4, -0.2) is 36.9 Å². The van der Waals surface area contributed by atoms with E-state index in [1.807, 2.05) is 6.08 Å². The van der Waals surface area contributed by atoms with Crippen molar-refractivity contribution in [2.75, 3.05) is 19.4 Å². The molecule has 0 fully saturated rings. The summed E-state index contributed by atoms with van der Waals surface area (Å²) >= 11 is 5.96. The van der Waals surface area contributed by atoms with Crippen LogP contribution in [0.3, 0.4) is 0 Å². The van der Waals surface area contributed by atoms with Gasteiger partial charge in [0.1, 0.15) is 0 Å². The van der Waals surface area contributed by atoms with Gasteiger partial charge >= 0.3 is 0 Å². The number of hydrogen-bond acceptors (Lipinski definition) is 3. The molecule has 0 aliphatic heterocycles. The lowest BCUT2D eigenvalue weighted by atomic mass is 10.1. The molecule has 1 aromatic carbocycles. The molecule has 2 rings (SSSR count). The molecule has 2 atom stereocenters. The topological polar surface area (TPSA) is 75.4 Å². The Morgan fingerprint density at radius 1 is 1.33 bits per heavy atom. The molecule has 2 amide bonds. The zero-order valence-corrected chi connectivity index (χ0v) is 12.7. The van der Waals surface area contributed by atoms with Crippen molar-refractivity contribution in [3.8, 4) is 0 Å². The molecule has 1 aromatic rings. The molecule has 0 radical (unpaired) electrons. The number of rotatable bonds is 3. The molecule has 0 spiro atoms. The lowest BCUT2D eigenvalue weighted by Gasteiger charge is -2.16. The second kappa shape index (κ2) is 6.28. The van der Waals surface area contributed by atoms with Crippen molar-refractivity contribution >= 4 is 29.1 Å². The highest BCUT2D eigenvalue weighted by Crippen LogP contribution is 2.24. The zero-order chi connectivity index (χ0) is 15.6. The van der Waals surface area contributed by atoms with Crippen molar-refractivity contribution in [2.24, 2.45) is 11.7 Å². The maximum atomic E-state index is 12.2. The van der Waals surface area contributed by atoms with E-state index in [4.69, 9.17) is 17.3 Å². The van der Waals surface area contributed by atoms with E-state index in [9.17, 15) is 9.59 Å². The number of nitrogens with one attached hydrogen (secondary N) is 1. The monoisotopic (exact) mass is 307 g/mol. The number of halogens is 1. The summed E-state index contributed by atoms with van der Waals surface area (Å²) in [5.74, 6) is -0.656. The number of nitrogens with zero attached hydrogens (tertiary/aromatic N) is 1. The Kier molecular flexibility index (Phi) is 4.65. The van der Waals surface area contributed by atoms with Gasteiger partial charge in [0.25, 0.3) is 5.91 Å². The van der Waals surface area contributed by atoms with Crippen LogP contribution in [0, 0.1) is 5.92 Å². The smallest absolute Gasteiger partial charge is 0.255 e. The molecule has 6 heteroatoms. The quantitative estimate of drug-likeness (QED) is 0.837. The van der Waals surface area contributed by atoms with E-state index >= 15 is 0 Å². The maximum absolute atomic E-state index is 12.2. The molecule has 1 aliphatic carbocycles. The van der Waals surface area contributed by atoms with Crippen LogP contribution in [0.5, 0.6) is 0 Å². The van der Waals surface area contributed by atoms with Crippen molar-refractivity contribution in [3.63, 3.8) is 0 Å². The fourth-order valence-corrected chi connectivity index (χ4v) is 2.37. The first kappa shape index (κ1) is 15.5. The summed E-state index contributed by atoms with van der Waals surface area (Å²) in [7, 11) is 3.31. The van der Waals surface area contributed by atoms with Crippen molar-refractivity contribution in [1.82, 2.24) is 4.90 Å². The van der Waals surface area contributed by atoms with Gasteiger partial charge in [0.05, 0.1) is 17.2 Å². The minimum Gasteiger partial charge on any atom is -0.345 e. The highest BCUT2D eigenvalue weighted by Gasteiger charge is 2.24. The molecule has 112 valence electrons. The van der Waals surface area contributed by atoms with Crippen LogP contribution in [0.15, 0.2) is 30.4 Å². The number of carbonyl (C=O) groups is 2. The van der Waals surface area contributed by atoms with Crippen molar-refractivity contribution in [2.45, 2.75) is 12.5 Å². The van der Waals surface area contributed by atoms with Gasteiger partial charge in [-0.05, 0) is 24.6 Å². The van der Waals surface area contributed by atoms with Gasteiger partial charge < -0.3 is 16.0 Å². The average molecular weight is 308 g/mol. The maximum Gasteiger partial charge on any atom is 0.255 e. The van der Waals surface area contributed by atoms with Crippen molar-refractivity contribution in [1.29, 1.82) is 0 Å². The van der Waals surface area contributed by atoms with E-state index in [0.717, 1.165) is 0 Å². The van der Waals surface area contributed by atoms with Gasteiger partial charge in [-0.1, -0.05) is 23.8 Å². The third-order valence-corrected chi connectivity index (χ3v) is 3.56. The largest absolute Gasteiger partial charge is 0.345 e. The minimum absolute atomic E-state index is 0.0945. The van der Waals surface area contributed by atoms with Crippen LogP contribution in [0.25, 0.3) is 0 Å². The van der Waals surface area contributed by atoms with Crippen LogP contribution in [0.4, 0.5) is 5.69 Å². The van der Waals surface area contributed by atoms with E-state index < -0.39 is 0 Å². The molecule has 0 bridgehead atoms. The summed E-state index contributed by atoms with van der Waals surface area (Å²) in [6, 6.07) is 4.72. The molecular weight excluding hydrogens is 290 g/mol. The number of nitrogens with two attached hydrogens (primary N) is 1. The molecule has 3 N–H and O–H groups in total. The van der Waals surface area contributed by atoms with E-state index in [1.54, 1.807) is 38.4 Å². The number of hydrogen-bond donors (Lipinski definition) is 2. The van der Waals surface area contributed by atoms with Crippen LogP contribution in [0.1, 0.15) is 16.8 Å². The Morgan fingerprint density at radius 2 is 2.05 bits per heavy atom. The first-order valence-electron chi connectivity index (χ1n) is 6.64. The molecule has 21 heavy (non-hydrogen) atoms. The molecule has 5 nitrogen and oxygen atoms in total. The van der Waals surface area contributed by atoms with Crippen LogP contribution < -0.4 is 11.1 Å². The first-order chi connectivity index (χ1) is 9.88. The SMILES string of the molecule is CN(C)C(=O)c1ccc(Cl)cc1NC(=O)C1C=CC(N)C1. The highest BCUT2D eigenvalue weighted by molar-refractivity contribution is 6.31. The van der Waals surface area contributed by atoms with E-state index in [1.165, 1.54) is 4.90 Å². The molecule has 0 saturated heterocycles. The van der Waals surface area contributed by atoms with Crippen LogP contribution in [0.2, 0.25) is 5.02 Å². The van der Waals surface area contributed by atoms with Gasteiger partial charge in [-0.2, -0.15) is 0 Å². The fraction of sp³-hybridized carbons (Fsp3) is 0.333. The molecule has 1 aliphatic rings. The highest BCUT2D eigenvalue weighted by atomic mass is 35.5. The van der Waals surface area contributed by atoms with Gasteiger partial charge in [0.2, 0.25) is 5.91 Å². The Bertz CT molecular complexity index is 599. The predicted molar refractivity (Wildman–Crippen MR) is 83.3 cm³/mol. The molecule has 0 heterocycles.